The van der Waals surface area contributed by atoms with Gasteiger partial charge in [0.05, 0.1) is 0 Å². The van der Waals surface area contributed by atoms with E-state index >= 15 is 0 Å². The summed E-state index contributed by atoms with van der Waals surface area (Å²) in [7, 11) is 0. The molecule has 2 fully saturated rings. The first kappa shape index (κ1) is 15.6. The summed E-state index contributed by atoms with van der Waals surface area (Å²) in [6, 6.07) is 2.50. The molecule has 3 rings (SSSR count). The molecule has 1 aliphatic carbocycles. The Hall–Kier alpha value is -1.24. The summed E-state index contributed by atoms with van der Waals surface area (Å²) in [5, 5.41) is 8.85. The Morgan fingerprint density at radius 3 is 2.59 bits per heavy atom. The van der Waals surface area contributed by atoms with Crippen LogP contribution in [0.5, 0.6) is 0 Å². The third-order valence-corrected chi connectivity index (χ3v) is 4.85. The van der Waals surface area contributed by atoms with Gasteiger partial charge in [-0.1, -0.05) is 0 Å². The summed E-state index contributed by atoms with van der Waals surface area (Å²) < 4.78 is 0. The first-order valence-electron chi connectivity index (χ1n) is 8.42. The van der Waals surface area contributed by atoms with E-state index in [9.17, 15) is 0 Å². The first-order chi connectivity index (χ1) is 10.8. The van der Waals surface area contributed by atoms with Gasteiger partial charge in [0.25, 0.3) is 0 Å². The van der Waals surface area contributed by atoms with Crippen molar-refractivity contribution in [2.45, 2.75) is 37.6 Å². The molecule has 0 radical (unpaired) electrons. The minimum absolute atomic E-state index is 0.300. The molecule has 2 aliphatic rings. The number of unbranched alkanes of at least 4 members (excludes halogenated alkanes) is 1. The number of aromatic nitrogens is 2. The molecule has 2 heterocycles. The fraction of sp³-hybridized carbons (Fsp3) is 0.750. The smallest absolute Gasteiger partial charge is 0.132 e. The largest absolute Gasteiger partial charge is 0.396 e. The summed E-state index contributed by atoms with van der Waals surface area (Å²) in [4.78, 5) is 13.7. The Morgan fingerprint density at radius 2 is 1.91 bits per heavy atom. The van der Waals surface area contributed by atoms with Gasteiger partial charge in [0.2, 0.25) is 0 Å². The summed E-state index contributed by atoms with van der Waals surface area (Å²) in [5.41, 5.74) is 7.03. The number of nitrogens with zero attached hydrogens (tertiary/aromatic N) is 4. The van der Waals surface area contributed by atoms with E-state index in [2.05, 4.69) is 25.8 Å². The van der Waals surface area contributed by atoms with Crippen LogP contribution in [0.1, 0.15) is 37.3 Å². The van der Waals surface area contributed by atoms with Crippen LogP contribution in [0, 0.1) is 0 Å². The van der Waals surface area contributed by atoms with Crippen molar-refractivity contribution in [1.82, 2.24) is 14.9 Å². The summed E-state index contributed by atoms with van der Waals surface area (Å²) in [6.07, 6.45) is 5.78. The quantitative estimate of drug-likeness (QED) is 0.748. The van der Waals surface area contributed by atoms with Crippen LogP contribution in [-0.4, -0.2) is 65.3 Å². The Morgan fingerprint density at radius 1 is 1.14 bits per heavy atom. The number of hydrogen-bond donors (Lipinski definition) is 2. The number of rotatable bonds is 6. The van der Waals surface area contributed by atoms with Crippen LogP contribution in [-0.2, 0) is 0 Å². The zero-order chi connectivity index (χ0) is 15.4. The van der Waals surface area contributed by atoms with Gasteiger partial charge < -0.3 is 15.7 Å². The molecule has 122 valence electrons. The molecule has 0 bridgehead atoms. The van der Waals surface area contributed by atoms with E-state index < -0.39 is 0 Å². The highest BCUT2D eigenvalue weighted by atomic mass is 16.2. The number of aliphatic hydroxyl groups excluding tert-OH is 1. The van der Waals surface area contributed by atoms with Gasteiger partial charge in [-0.05, 0) is 32.2 Å². The molecule has 6 heteroatoms. The molecule has 0 aromatic carbocycles. The molecule has 0 spiro atoms. The number of hydrogen-bond acceptors (Lipinski definition) is 6. The van der Waals surface area contributed by atoms with Crippen molar-refractivity contribution < 1.29 is 5.11 Å². The molecular weight excluding hydrogens is 278 g/mol. The van der Waals surface area contributed by atoms with E-state index in [1.54, 1.807) is 6.33 Å². The fourth-order valence-electron chi connectivity index (χ4n) is 3.31. The molecular formula is C16H27N5O. The number of nitrogens with two attached hydrogens (primary N) is 1. The molecule has 0 amide bonds. The third-order valence-electron chi connectivity index (χ3n) is 4.85. The SMILES string of the molecule is NC1CC(c2cc(N3CCN(CCCCO)CC3)ncn2)C1. The Kier molecular flexibility index (Phi) is 5.23. The van der Waals surface area contributed by atoms with E-state index in [0.29, 0.717) is 18.6 Å². The Bertz CT molecular complexity index is 469. The molecule has 6 nitrogen and oxygen atoms in total. The predicted molar refractivity (Wildman–Crippen MR) is 87.0 cm³/mol. The van der Waals surface area contributed by atoms with Crippen molar-refractivity contribution in [3.05, 3.63) is 18.1 Å². The highest BCUT2D eigenvalue weighted by Gasteiger charge is 2.29. The van der Waals surface area contributed by atoms with E-state index in [-0.39, 0.29) is 0 Å². The van der Waals surface area contributed by atoms with E-state index in [1.807, 2.05) is 0 Å². The van der Waals surface area contributed by atoms with E-state index in [0.717, 1.165) is 69.9 Å². The van der Waals surface area contributed by atoms with Gasteiger partial charge in [-0.2, -0.15) is 0 Å². The van der Waals surface area contributed by atoms with Crippen molar-refractivity contribution in [1.29, 1.82) is 0 Å². The number of piperazine rings is 1. The van der Waals surface area contributed by atoms with Crippen LogP contribution in [0.25, 0.3) is 0 Å². The van der Waals surface area contributed by atoms with Gasteiger partial charge in [-0.25, -0.2) is 9.97 Å². The molecule has 22 heavy (non-hydrogen) atoms. The minimum atomic E-state index is 0.300. The van der Waals surface area contributed by atoms with Crippen molar-refractivity contribution >= 4 is 5.82 Å². The van der Waals surface area contributed by atoms with Crippen molar-refractivity contribution in [3.8, 4) is 0 Å². The van der Waals surface area contributed by atoms with Gasteiger partial charge >= 0.3 is 0 Å². The molecule has 0 atom stereocenters. The average molecular weight is 305 g/mol. The van der Waals surface area contributed by atoms with Crippen molar-refractivity contribution in [2.24, 2.45) is 5.73 Å². The van der Waals surface area contributed by atoms with Gasteiger partial charge in [-0.3, -0.25) is 4.90 Å². The molecule has 1 saturated carbocycles. The van der Waals surface area contributed by atoms with Crippen LogP contribution >= 0.6 is 0 Å². The zero-order valence-corrected chi connectivity index (χ0v) is 13.2. The molecule has 1 aliphatic heterocycles. The second-order valence-corrected chi connectivity index (χ2v) is 6.49. The van der Waals surface area contributed by atoms with Crippen LogP contribution in [0.15, 0.2) is 12.4 Å². The Labute approximate surface area is 132 Å². The molecule has 1 aromatic rings. The molecule has 3 N–H and O–H groups in total. The van der Waals surface area contributed by atoms with Gasteiger partial charge in [0.1, 0.15) is 12.1 Å². The average Bonchev–Trinajstić information content (AvgIpc) is 2.53. The van der Waals surface area contributed by atoms with E-state index in [4.69, 9.17) is 10.8 Å². The van der Waals surface area contributed by atoms with Gasteiger partial charge in [0, 0.05) is 56.5 Å². The summed E-state index contributed by atoms with van der Waals surface area (Å²) >= 11 is 0. The normalized spacial score (nSPS) is 26.0. The van der Waals surface area contributed by atoms with Crippen LogP contribution in [0.3, 0.4) is 0 Å². The lowest BCUT2D eigenvalue weighted by atomic mass is 9.78. The van der Waals surface area contributed by atoms with Crippen LogP contribution < -0.4 is 10.6 Å². The lowest BCUT2D eigenvalue weighted by Crippen LogP contribution is -2.47. The van der Waals surface area contributed by atoms with E-state index in [1.165, 1.54) is 0 Å². The number of aliphatic hydroxyl groups is 1. The standard InChI is InChI=1S/C16H27N5O/c17-14-9-13(10-14)15-11-16(19-12-18-15)21-6-4-20(5-7-21)3-1-2-8-22/h11-14,22H,1-10,17H2. The van der Waals surface area contributed by atoms with Crippen molar-refractivity contribution in [3.63, 3.8) is 0 Å². The summed E-state index contributed by atoms with van der Waals surface area (Å²) in [5.74, 6) is 1.58. The van der Waals surface area contributed by atoms with Crippen LogP contribution in [0.2, 0.25) is 0 Å². The predicted octanol–water partition coefficient (Wildman–Crippen LogP) is 0.576. The lowest BCUT2D eigenvalue weighted by molar-refractivity contribution is 0.232. The first-order valence-corrected chi connectivity index (χ1v) is 8.42. The molecule has 1 aromatic heterocycles. The number of anilines is 1. The van der Waals surface area contributed by atoms with Gasteiger partial charge in [-0.15, -0.1) is 0 Å². The summed E-state index contributed by atoms with van der Waals surface area (Å²) in [6.45, 7) is 5.55. The minimum Gasteiger partial charge on any atom is -0.396 e. The van der Waals surface area contributed by atoms with Gasteiger partial charge in [0.15, 0.2) is 0 Å². The lowest BCUT2D eigenvalue weighted by Gasteiger charge is -2.36. The second-order valence-electron chi connectivity index (χ2n) is 6.49. The van der Waals surface area contributed by atoms with Crippen LogP contribution in [0.4, 0.5) is 5.82 Å². The zero-order valence-electron chi connectivity index (χ0n) is 13.2. The van der Waals surface area contributed by atoms with Crippen molar-refractivity contribution in [2.75, 3.05) is 44.2 Å². The maximum absolute atomic E-state index is 8.85. The Balaban J connectivity index is 1.51. The maximum atomic E-state index is 8.85. The molecule has 1 saturated heterocycles. The second kappa shape index (κ2) is 7.35. The maximum Gasteiger partial charge on any atom is 0.132 e. The fourth-order valence-corrected chi connectivity index (χ4v) is 3.31. The highest BCUT2D eigenvalue weighted by molar-refractivity contribution is 5.40. The molecule has 0 unspecified atom stereocenters. The third kappa shape index (κ3) is 3.74. The topological polar surface area (TPSA) is 78.5 Å². The highest BCUT2D eigenvalue weighted by Crippen LogP contribution is 2.35. The monoisotopic (exact) mass is 305 g/mol.